The van der Waals surface area contributed by atoms with Crippen LogP contribution in [0.15, 0.2) is 30.7 Å². The van der Waals surface area contributed by atoms with E-state index in [0.29, 0.717) is 5.88 Å². The van der Waals surface area contributed by atoms with Gasteiger partial charge in [-0.15, -0.1) is 0 Å². The number of aromatic amines is 2. The number of ether oxygens (including phenoxy) is 1. The molecule has 0 atom stereocenters. The molecule has 7 heteroatoms. The molecule has 5 aromatic heterocycles. The number of aryl methyl sites for hydroxylation is 2. The summed E-state index contributed by atoms with van der Waals surface area (Å²) < 4.78 is 7.30. The van der Waals surface area contributed by atoms with E-state index in [0.717, 1.165) is 49.8 Å². The minimum Gasteiger partial charge on any atom is -0.481 e. The van der Waals surface area contributed by atoms with Crippen LogP contribution in [0.5, 0.6) is 5.88 Å². The van der Waals surface area contributed by atoms with Gasteiger partial charge in [0.15, 0.2) is 5.65 Å². The molecular formula is C18H16N6O. The fraction of sp³-hybridized carbons (Fsp3) is 0.167. The summed E-state index contributed by atoms with van der Waals surface area (Å²) in [5, 5.41) is 6.32. The molecule has 0 unspecified atom stereocenters. The minimum atomic E-state index is 0.597. The highest BCUT2D eigenvalue weighted by atomic mass is 16.5. The van der Waals surface area contributed by atoms with Gasteiger partial charge in [-0.3, -0.25) is 4.68 Å². The predicted molar refractivity (Wildman–Crippen MR) is 96.7 cm³/mol. The fourth-order valence-corrected chi connectivity index (χ4v) is 3.45. The van der Waals surface area contributed by atoms with Crippen LogP contribution in [-0.2, 0) is 7.05 Å². The topological polar surface area (TPSA) is 84.4 Å². The van der Waals surface area contributed by atoms with Gasteiger partial charge in [0, 0.05) is 53.4 Å². The molecule has 0 aliphatic rings. The van der Waals surface area contributed by atoms with Gasteiger partial charge in [0.2, 0.25) is 5.88 Å². The minimum absolute atomic E-state index is 0.597. The number of aromatic nitrogens is 6. The van der Waals surface area contributed by atoms with Crippen LogP contribution in [0.3, 0.4) is 0 Å². The van der Waals surface area contributed by atoms with Crippen LogP contribution >= 0.6 is 0 Å². The van der Waals surface area contributed by atoms with Crippen molar-refractivity contribution in [2.24, 2.45) is 7.05 Å². The van der Waals surface area contributed by atoms with Gasteiger partial charge in [0.05, 0.1) is 29.5 Å². The van der Waals surface area contributed by atoms with Crippen molar-refractivity contribution >= 4 is 32.8 Å². The zero-order chi connectivity index (χ0) is 17.1. The summed E-state index contributed by atoms with van der Waals surface area (Å²) in [4.78, 5) is 17.0. The number of H-pyrrole nitrogens is 2. The summed E-state index contributed by atoms with van der Waals surface area (Å²) in [7, 11) is 3.61. The second-order valence-corrected chi connectivity index (χ2v) is 6.15. The van der Waals surface area contributed by atoms with Crippen molar-refractivity contribution < 1.29 is 4.74 Å². The van der Waals surface area contributed by atoms with Crippen LogP contribution in [0.1, 0.15) is 5.69 Å². The van der Waals surface area contributed by atoms with Gasteiger partial charge < -0.3 is 14.8 Å². The van der Waals surface area contributed by atoms with Gasteiger partial charge >= 0.3 is 0 Å². The maximum absolute atomic E-state index is 5.32. The molecule has 0 aliphatic carbocycles. The van der Waals surface area contributed by atoms with Crippen molar-refractivity contribution in [1.29, 1.82) is 0 Å². The number of pyridine rings is 2. The molecule has 0 amide bonds. The quantitative estimate of drug-likeness (QED) is 0.519. The molecule has 0 saturated carbocycles. The molecule has 25 heavy (non-hydrogen) atoms. The van der Waals surface area contributed by atoms with E-state index in [-0.39, 0.29) is 0 Å². The highest BCUT2D eigenvalue weighted by Gasteiger charge is 2.16. The average Bonchev–Trinajstić information content (AvgIpc) is 3.30. The van der Waals surface area contributed by atoms with Crippen LogP contribution in [0, 0.1) is 6.92 Å². The van der Waals surface area contributed by atoms with Gasteiger partial charge in [-0.05, 0) is 13.0 Å². The summed E-state index contributed by atoms with van der Waals surface area (Å²) in [5.74, 6) is 0.597. The Kier molecular flexibility index (Phi) is 2.71. The van der Waals surface area contributed by atoms with Crippen molar-refractivity contribution in [3.05, 3.63) is 36.4 Å². The summed E-state index contributed by atoms with van der Waals surface area (Å²) in [6.07, 6.45) is 5.76. The van der Waals surface area contributed by atoms with E-state index in [1.54, 1.807) is 7.11 Å². The molecule has 124 valence electrons. The maximum Gasteiger partial charge on any atom is 0.213 e. The summed E-state index contributed by atoms with van der Waals surface area (Å²) in [6.45, 7) is 1.96. The van der Waals surface area contributed by atoms with Gasteiger partial charge in [-0.2, -0.15) is 0 Å². The van der Waals surface area contributed by atoms with Crippen molar-refractivity contribution in [1.82, 2.24) is 29.7 Å². The number of methoxy groups -OCH3 is 1. The Balaban J connectivity index is 1.81. The molecule has 0 fully saturated rings. The van der Waals surface area contributed by atoms with E-state index in [4.69, 9.17) is 9.72 Å². The predicted octanol–water partition coefficient (Wildman–Crippen LogP) is 3.31. The Morgan fingerprint density at radius 2 is 2.00 bits per heavy atom. The largest absolute Gasteiger partial charge is 0.481 e. The van der Waals surface area contributed by atoms with Crippen LogP contribution < -0.4 is 4.74 Å². The van der Waals surface area contributed by atoms with E-state index < -0.39 is 0 Å². The molecule has 0 radical (unpaired) electrons. The third-order valence-electron chi connectivity index (χ3n) is 4.66. The van der Waals surface area contributed by atoms with E-state index >= 15 is 0 Å². The van der Waals surface area contributed by atoms with Crippen LogP contribution in [0.25, 0.3) is 44.1 Å². The summed E-state index contributed by atoms with van der Waals surface area (Å²) in [6, 6.07) is 4.02. The molecule has 5 aromatic rings. The number of nitrogens with zero attached hydrogens (tertiary/aromatic N) is 4. The SMILES string of the molecule is COc1cc2c(-c3cc4c(ncc5c[nH]n(C)c54)n3)c[nH]c2c(C)n1. The van der Waals surface area contributed by atoms with Crippen molar-refractivity contribution in [2.75, 3.05) is 7.11 Å². The van der Waals surface area contributed by atoms with Gasteiger partial charge in [0.1, 0.15) is 0 Å². The van der Waals surface area contributed by atoms with Crippen LogP contribution in [0.4, 0.5) is 0 Å². The van der Waals surface area contributed by atoms with Crippen molar-refractivity contribution in [3.63, 3.8) is 0 Å². The molecule has 0 spiro atoms. The Morgan fingerprint density at radius 1 is 1.12 bits per heavy atom. The first-order valence-corrected chi connectivity index (χ1v) is 7.98. The number of nitrogens with one attached hydrogen (secondary N) is 2. The summed E-state index contributed by atoms with van der Waals surface area (Å²) >= 11 is 0. The first-order valence-electron chi connectivity index (χ1n) is 7.98. The van der Waals surface area contributed by atoms with Gasteiger partial charge in [-0.25, -0.2) is 15.0 Å². The molecule has 0 saturated heterocycles. The van der Waals surface area contributed by atoms with E-state index in [1.165, 1.54) is 0 Å². The lowest BCUT2D eigenvalue weighted by molar-refractivity contribution is 0.398. The Bertz CT molecular complexity index is 1260. The first-order chi connectivity index (χ1) is 12.2. The summed E-state index contributed by atoms with van der Waals surface area (Å²) in [5.41, 5.74) is 5.63. The number of hydrogen-bond acceptors (Lipinski definition) is 4. The van der Waals surface area contributed by atoms with Gasteiger partial charge in [-0.1, -0.05) is 0 Å². The monoisotopic (exact) mass is 332 g/mol. The van der Waals surface area contributed by atoms with Crippen LogP contribution in [-0.4, -0.2) is 36.8 Å². The third kappa shape index (κ3) is 1.89. The lowest BCUT2D eigenvalue weighted by atomic mass is 10.1. The molecule has 0 aliphatic heterocycles. The van der Waals surface area contributed by atoms with Crippen LogP contribution in [0.2, 0.25) is 0 Å². The molecule has 5 rings (SSSR count). The maximum atomic E-state index is 5.32. The third-order valence-corrected chi connectivity index (χ3v) is 4.66. The Labute approximate surface area is 142 Å². The fourth-order valence-electron chi connectivity index (χ4n) is 3.45. The molecule has 2 N–H and O–H groups in total. The van der Waals surface area contributed by atoms with Gasteiger partial charge in [0.25, 0.3) is 0 Å². The standard InChI is InChI=1S/C18H16N6O/c1-9-16-11(5-15(22-9)25-3)13(8-19-16)14-4-12-17-10(7-21-24(17)2)6-20-18(12)23-14/h4-8,19,21H,1-3H3. The van der Waals surface area contributed by atoms with Crippen molar-refractivity contribution in [2.45, 2.75) is 6.92 Å². The Morgan fingerprint density at radius 3 is 2.84 bits per heavy atom. The zero-order valence-electron chi connectivity index (χ0n) is 14.1. The zero-order valence-corrected chi connectivity index (χ0v) is 14.1. The lowest BCUT2D eigenvalue weighted by Gasteiger charge is -2.02. The molecule has 7 nitrogen and oxygen atoms in total. The number of hydrogen-bond donors (Lipinski definition) is 2. The second kappa shape index (κ2) is 4.83. The second-order valence-electron chi connectivity index (χ2n) is 6.15. The van der Waals surface area contributed by atoms with Crippen molar-refractivity contribution in [3.8, 4) is 17.1 Å². The molecule has 0 aromatic carbocycles. The normalized spacial score (nSPS) is 11.8. The smallest absolute Gasteiger partial charge is 0.213 e. The molecule has 0 bridgehead atoms. The molecule has 5 heterocycles. The highest BCUT2D eigenvalue weighted by molar-refractivity contribution is 6.06. The van der Waals surface area contributed by atoms with E-state index in [9.17, 15) is 0 Å². The average molecular weight is 332 g/mol. The van der Waals surface area contributed by atoms with E-state index in [1.807, 2.05) is 43.3 Å². The van der Waals surface area contributed by atoms with E-state index in [2.05, 4.69) is 26.1 Å². The highest BCUT2D eigenvalue weighted by Crippen LogP contribution is 2.34. The lowest BCUT2D eigenvalue weighted by Crippen LogP contribution is -1.90. The Hall–Kier alpha value is -3.35. The number of fused-ring (bicyclic) bond motifs is 4. The number of rotatable bonds is 2. The molecular weight excluding hydrogens is 316 g/mol. The first kappa shape index (κ1) is 14.0.